The topological polar surface area (TPSA) is 82.8 Å². The number of methoxy groups -OCH3 is 2. The number of aryl methyl sites for hydroxylation is 1. The van der Waals surface area contributed by atoms with Gasteiger partial charge in [0.1, 0.15) is 17.2 Å². The molecule has 30 heavy (non-hydrogen) atoms. The number of halogens is 1. The second-order valence-electron chi connectivity index (χ2n) is 6.31. The number of nitrogens with zero attached hydrogens (tertiary/aromatic N) is 1. The molecule has 8 heteroatoms. The Morgan fingerprint density at radius 3 is 2.53 bits per heavy atom. The Hall–Kier alpha value is -3.19. The second kappa shape index (κ2) is 10.0. The fraction of sp³-hybridized carbons (Fsp3) is 0.273. The first kappa shape index (κ1) is 21.5. The van der Waals surface area contributed by atoms with Crippen LogP contribution in [0.2, 0.25) is 5.02 Å². The van der Waals surface area contributed by atoms with Gasteiger partial charge in [-0.05, 0) is 31.2 Å². The number of anilines is 1. The van der Waals surface area contributed by atoms with Crippen molar-refractivity contribution < 1.29 is 23.4 Å². The van der Waals surface area contributed by atoms with Gasteiger partial charge in [-0.1, -0.05) is 11.6 Å². The lowest BCUT2D eigenvalue weighted by Gasteiger charge is -2.13. The largest absolute Gasteiger partial charge is 0.495 e. The van der Waals surface area contributed by atoms with Crippen molar-refractivity contribution in [2.75, 3.05) is 26.1 Å². The average molecular weight is 431 g/mol. The lowest BCUT2D eigenvalue weighted by atomic mass is 10.2. The number of carbonyl (C=O) groups is 1. The lowest BCUT2D eigenvalue weighted by molar-refractivity contribution is -0.116. The predicted molar refractivity (Wildman–Crippen MR) is 115 cm³/mol. The molecule has 2 aromatic carbocycles. The normalized spacial score (nSPS) is 10.5. The van der Waals surface area contributed by atoms with Crippen molar-refractivity contribution >= 4 is 23.2 Å². The first-order valence-electron chi connectivity index (χ1n) is 9.43. The van der Waals surface area contributed by atoms with Gasteiger partial charge in [0.05, 0.1) is 37.7 Å². The average Bonchev–Trinajstić information content (AvgIpc) is 3.23. The number of nitrogens with one attached hydrogen (secondary N) is 1. The number of carbonyl (C=O) groups excluding carboxylic acids is 1. The molecule has 0 bridgehead atoms. The van der Waals surface area contributed by atoms with E-state index >= 15 is 0 Å². The molecular formula is C22H23ClN2O5. The number of hydrogen-bond acceptors (Lipinski definition) is 6. The summed E-state index contributed by atoms with van der Waals surface area (Å²) in [4.78, 5) is 16.7. The Bertz CT molecular complexity index is 1000. The smallest absolute Gasteiger partial charge is 0.224 e. The van der Waals surface area contributed by atoms with E-state index in [1.807, 2.05) is 31.2 Å². The summed E-state index contributed by atoms with van der Waals surface area (Å²) in [5.74, 6) is 2.60. The molecule has 0 spiro atoms. The van der Waals surface area contributed by atoms with Gasteiger partial charge in [-0.25, -0.2) is 4.98 Å². The Labute approximate surface area is 179 Å². The maximum atomic E-state index is 12.4. The van der Waals surface area contributed by atoms with E-state index < -0.39 is 0 Å². The van der Waals surface area contributed by atoms with E-state index in [0.717, 1.165) is 11.3 Å². The molecule has 1 amide bonds. The van der Waals surface area contributed by atoms with Crippen LogP contribution in [0.4, 0.5) is 5.69 Å². The third kappa shape index (κ3) is 5.24. The molecule has 3 rings (SSSR count). The van der Waals surface area contributed by atoms with Gasteiger partial charge in [-0.2, -0.15) is 0 Å². The molecule has 1 N–H and O–H groups in total. The first-order chi connectivity index (χ1) is 14.5. The van der Waals surface area contributed by atoms with Crippen molar-refractivity contribution in [3.05, 3.63) is 53.5 Å². The van der Waals surface area contributed by atoms with E-state index in [0.29, 0.717) is 46.9 Å². The number of benzene rings is 2. The molecule has 0 aliphatic carbocycles. The Balaban J connectivity index is 1.61. The van der Waals surface area contributed by atoms with Gasteiger partial charge in [0.2, 0.25) is 5.91 Å². The predicted octanol–water partition coefficient (Wildman–Crippen LogP) is 4.98. The highest BCUT2D eigenvalue weighted by Crippen LogP contribution is 2.36. The van der Waals surface area contributed by atoms with Crippen molar-refractivity contribution in [3.63, 3.8) is 0 Å². The van der Waals surface area contributed by atoms with Gasteiger partial charge in [0.25, 0.3) is 0 Å². The highest BCUT2D eigenvalue weighted by molar-refractivity contribution is 6.32. The molecule has 0 atom stereocenters. The lowest BCUT2D eigenvalue weighted by Crippen LogP contribution is -2.13. The summed E-state index contributed by atoms with van der Waals surface area (Å²) in [6.45, 7) is 2.55. The number of amides is 1. The van der Waals surface area contributed by atoms with E-state index in [9.17, 15) is 4.79 Å². The van der Waals surface area contributed by atoms with Crippen LogP contribution in [-0.2, 0) is 11.2 Å². The third-order valence-electron chi connectivity index (χ3n) is 4.32. The molecule has 0 saturated carbocycles. The van der Waals surface area contributed by atoms with E-state index in [1.54, 1.807) is 18.3 Å². The van der Waals surface area contributed by atoms with Crippen LogP contribution in [-0.4, -0.2) is 31.7 Å². The molecule has 1 heterocycles. The van der Waals surface area contributed by atoms with Crippen LogP contribution in [0.5, 0.6) is 17.2 Å². The monoisotopic (exact) mass is 430 g/mol. The fourth-order valence-corrected chi connectivity index (χ4v) is 3.06. The quantitative estimate of drug-likeness (QED) is 0.515. The molecule has 7 nitrogen and oxygen atoms in total. The SMILES string of the molecule is CCOc1ccc(-c2cnc(CCC(=O)Nc3cc(OC)c(Cl)cc3OC)o2)cc1. The van der Waals surface area contributed by atoms with Crippen molar-refractivity contribution in [1.29, 1.82) is 0 Å². The third-order valence-corrected chi connectivity index (χ3v) is 4.61. The van der Waals surface area contributed by atoms with Crippen LogP contribution in [0.25, 0.3) is 11.3 Å². The van der Waals surface area contributed by atoms with E-state index in [4.69, 9.17) is 30.2 Å². The van der Waals surface area contributed by atoms with E-state index in [2.05, 4.69) is 10.3 Å². The number of aromatic nitrogens is 1. The van der Waals surface area contributed by atoms with Crippen LogP contribution in [0.3, 0.4) is 0 Å². The van der Waals surface area contributed by atoms with Gasteiger partial charge in [-0.3, -0.25) is 4.79 Å². The summed E-state index contributed by atoms with van der Waals surface area (Å²) in [7, 11) is 3.01. The summed E-state index contributed by atoms with van der Waals surface area (Å²) in [6.07, 6.45) is 2.20. The van der Waals surface area contributed by atoms with E-state index in [1.165, 1.54) is 14.2 Å². The molecule has 158 valence electrons. The highest BCUT2D eigenvalue weighted by atomic mass is 35.5. The summed E-state index contributed by atoms with van der Waals surface area (Å²) < 4.78 is 21.7. The van der Waals surface area contributed by atoms with Crippen molar-refractivity contribution in [2.45, 2.75) is 19.8 Å². The zero-order chi connectivity index (χ0) is 21.5. The maximum Gasteiger partial charge on any atom is 0.224 e. The van der Waals surface area contributed by atoms with Crippen molar-refractivity contribution in [2.24, 2.45) is 0 Å². The van der Waals surface area contributed by atoms with E-state index in [-0.39, 0.29) is 12.3 Å². The molecule has 3 aromatic rings. The van der Waals surface area contributed by atoms with Gasteiger partial charge in [0.15, 0.2) is 11.7 Å². The maximum absolute atomic E-state index is 12.4. The van der Waals surface area contributed by atoms with Gasteiger partial charge >= 0.3 is 0 Å². The van der Waals surface area contributed by atoms with Crippen LogP contribution >= 0.6 is 11.6 Å². The fourth-order valence-electron chi connectivity index (χ4n) is 2.83. The minimum atomic E-state index is -0.210. The van der Waals surface area contributed by atoms with Crippen molar-refractivity contribution in [1.82, 2.24) is 4.98 Å². The summed E-state index contributed by atoms with van der Waals surface area (Å²) in [5.41, 5.74) is 1.37. The molecule has 0 aliphatic rings. The zero-order valence-electron chi connectivity index (χ0n) is 17.0. The summed E-state index contributed by atoms with van der Waals surface area (Å²) in [5, 5.41) is 3.20. The Morgan fingerprint density at radius 2 is 1.87 bits per heavy atom. The highest BCUT2D eigenvalue weighted by Gasteiger charge is 2.14. The van der Waals surface area contributed by atoms with Gasteiger partial charge < -0.3 is 23.9 Å². The Morgan fingerprint density at radius 1 is 1.13 bits per heavy atom. The summed E-state index contributed by atoms with van der Waals surface area (Å²) in [6, 6.07) is 10.8. The van der Waals surface area contributed by atoms with Crippen LogP contribution in [0.15, 0.2) is 47.0 Å². The molecule has 0 saturated heterocycles. The van der Waals surface area contributed by atoms with Crippen LogP contribution in [0, 0.1) is 0 Å². The molecule has 0 unspecified atom stereocenters. The molecule has 0 fully saturated rings. The first-order valence-corrected chi connectivity index (χ1v) is 9.81. The molecular weight excluding hydrogens is 408 g/mol. The van der Waals surface area contributed by atoms with Gasteiger partial charge in [-0.15, -0.1) is 0 Å². The second-order valence-corrected chi connectivity index (χ2v) is 6.72. The van der Waals surface area contributed by atoms with Crippen LogP contribution in [0.1, 0.15) is 19.2 Å². The number of rotatable bonds is 9. The minimum absolute atomic E-state index is 0.192. The molecule has 1 aromatic heterocycles. The Kier molecular flexibility index (Phi) is 7.19. The summed E-state index contributed by atoms with van der Waals surface area (Å²) >= 11 is 6.09. The zero-order valence-corrected chi connectivity index (χ0v) is 17.8. The van der Waals surface area contributed by atoms with Gasteiger partial charge in [0, 0.05) is 30.5 Å². The van der Waals surface area contributed by atoms with Crippen LogP contribution < -0.4 is 19.5 Å². The standard InChI is InChI=1S/C22H23ClN2O5/c1-4-29-15-7-5-14(6-8-15)20-13-24-22(30-20)10-9-21(26)25-17-12-18(27-2)16(23)11-19(17)28-3/h5-8,11-13H,4,9-10H2,1-3H3,(H,25,26). The number of hydrogen-bond donors (Lipinski definition) is 1. The molecule has 0 aliphatic heterocycles. The number of oxazole rings is 1. The number of ether oxygens (including phenoxy) is 3. The van der Waals surface area contributed by atoms with Crippen molar-refractivity contribution in [3.8, 4) is 28.6 Å². The minimum Gasteiger partial charge on any atom is -0.495 e. The molecule has 0 radical (unpaired) electrons.